The molecule has 3 rings (SSSR count). The van der Waals surface area contributed by atoms with Gasteiger partial charge in [0.1, 0.15) is 5.69 Å². The van der Waals surface area contributed by atoms with E-state index in [4.69, 9.17) is 4.74 Å². The molecule has 0 radical (unpaired) electrons. The first-order valence-electron chi connectivity index (χ1n) is 9.28. The van der Waals surface area contributed by atoms with Crippen molar-refractivity contribution in [2.75, 3.05) is 50.1 Å². The number of para-hydroxylation sites is 1. The molecule has 158 valence electrons. The Kier molecular flexibility index (Phi) is 7.01. The lowest BCUT2D eigenvalue weighted by molar-refractivity contribution is -0.384. The molecule has 30 heavy (non-hydrogen) atoms. The van der Waals surface area contributed by atoms with Gasteiger partial charge in [0.05, 0.1) is 16.2 Å². The smallest absolute Gasteiger partial charge is 0.338 e. The summed E-state index contributed by atoms with van der Waals surface area (Å²) >= 11 is 3.31. The van der Waals surface area contributed by atoms with Gasteiger partial charge in [0.15, 0.2) is 6.61 Å². The molecule has 0 aliphatic carbocycles. The summed E-state index contributed by atoms with van der Waals surface area (Å²) in [5.41, 5.74) is 0.877. The first-order valence-corrected chi connectivity index (χ1v) is 10.1. The van der Waals surface area contributed by atoms with Crippen LogP contribution in [0, 0.1) is 10.1 Å². The Morgan fingerprint density at radius 1 is 1.17 bits per heavy atom. The predicted molar refractivity (Wildman–Crippen MR) is 116 cm³/mol. The number of carbonyl (C=O) groups is 2. The fraction of sp³-hybridized carbons (Fsp3) is 0.300. The monoisotopic (exact) mass is 476 g/mol. The van der Waals surface area contributed by atoms with Gasteiger partial charge in [0.25, 0.3) is 11.6 Å². The zero-order valence-electron chi connectivity index (χ0n) is 16.3. The fourth-order valence-corrected chi connectivity index (χ4v) is 3.46. The maximum atomic E-state index is 12.3. The normalized spacial score (nSPS) is 14.3. The number of halogens is 1. The number of hydrogen-bond acceptors (Lipinski definition) is 7. The van der Waals surface area contributed by atoms with E-state index in [2.05, 4.69) is 26.1 Å². The van der Waals surface area contributed by atoms with E-state index in [0.717, 1.165) is 13.1 Å². The van der Waals surface area contributed by atoms with E-state index in [1.807, 2.05) is 11.9 Å². The predicted octanol–water partition coefficient (Wildman–Crippen LogP) is 2.90. The van der Waals surface area contributed by atoms with Crippen LogP contribution in [0.25, 0.3) is 0 Å². The minimum Gasteiger partial charge on any atom is -0.452 e. The molecule has 10 heteroatoms. The van der Waals surface area contributed by atoms with Crippen molar-refractivity contribution in [2.45, 2.75) is 0 Å². The number of piperazine rings is 1. The van der Waals surface area contributed by atoms with Gasteiger partial charge in [-0.05, 0) is 47.2 Å². The first kappa shape index (κ1) is 21.7. The SMILES string of the molecule is CN1CCN(c2ccc(C(=O)OCC(=O)Nc3ccccc3Br)cc2[N+](=O)[O-])CC1. The van der Waals surface area contributed by atoms with Crippen LogP contribution in [0.3, 0.4) is 0 Å². The Balaban J connectivity index is 1.65. The number of ether oxygens (including phenoxy) is 1. The number of amides is 1. The van der Waals surface area contributed by atoms with Gasteiger partial charge >= 0.3 is 5.97 Å². The molecule has 1 aliphatic rings. The van der Waals surface area contributed by atoms with Crippen LogP contribution < -0.4 is 10.2 Å². The molecule has 0 spiro atoms. The third kappa shape index (κ3) is 5.33. The maximum absolute atomic E-state index is 12.3. The van der Waals surface area contributed by atoms with E-state index < -0.39 is 23.4 Å². The van der Waals surface area contributed by atoms with E-state index in [0.29, 0.717) is 28.9 Å². The third-order valence-corrected chi connectivity index (χ3v) is 5.43. The van der Waals surface area contributed by atoms with Crippen molar-refractivity contribution in [1.29, 1.82) is 0 Å². The zero-order valence-corrected chi connectivity index (χ0v) is 17.9. The molecule has 1 fully saturated rings. The lowest BCUT2D eigenvalue weighted by Crippen LogP contribution is -2.44. The zero-order chi connectivity index (χ0) is 21.7. The molecule has 0 unspecified atom stereocenters. The number of rotatable bonds is 6. The number of hydrogen-bond donors (Lipinski definition) is 1. The molecule has 1 saturated heterocycles. The number of likely N-dealkylation sites (N-methyl/N-ethyl adjacent to an activating group) is 1. The summed E-state index contributed by atoms with van der Waals surface area (Å²) in [7, 11) is 2.00. The minimum absolute atomic E-state index is 0.0215. The van der Waals surface area contributed by atoms with Gasteiger partial charge in [-0.15, -0.1) is 0 Å². The van der Waals surface area contributed by atoms with Gasteiger partial charge in [-0.3, -0.25) is 14.9 Å². The molecule has 2 aromatic rings. The summed E-state index contributed by atoms with van der Waals surface area (Å²) in [5, 5.41) is 14.2. The molecule has 1 heterocycles. The van der Waals surface area contributed by atoms with Gasteiger partial charge in [-0.25, -0.2) is 4.79 Å². The van der Waals surface area contributed by atoms with Crippen molar-refractivity contribution in [3.63, 3.8) is 0 Å². The molecular formula is C20H21BrN4O5. The standard InChI is InChI=1S/C20H21BrN4O5/c1-23-8-10-24(11-9-23)17-7-6-14(12-18(17)25(28)29)20(27)30-13-19(26)22-16-5-3-2-4-15(16)21/h2-7,12H,8-11,13H2,1H3,(H,22,26). The lowest BCUT2D eigenvalue weighted by Gasteiger charge is -2.33. The second-order valence-corrected chi connectivity index (χ2v) is 7.71. The van der Waals surface area contributed by atoms with Gasteiger partial charge in [0, 0.05) is 36.7 Å². The summed E-state index contributed by atoms with van der Waals surface area (Å²) in [4.78, 5) is 39.5. The second kappa shape index (κ2) is 9.68. The van der Waals surface area contributed by atoms with Gasteiger partial charge in [0.2, 0.25) is 0 Å². The average Bonchev–Trinajstić information content (AvgIpc) is 2.74. The van der Waals surface area contributed by atoms with Crippen molar-refractivity contribution < 1.29 is 19.2 Å². The maximum Gasteiger partial charge on any atom is 0.338 e. The number of nitrogens with one attached hydrogen (secondary N) is 1. The van der Waals surface area contributed by atoms with Crippen molar-refractivity contribution in [2.24, 2.45) is 0 Å². The molecule has 1 N–H and O–H groups in total. The topological polar surface area (TPSA) is 105 Å². The lowest BCUT2D eigenvalue weighted by atomic mass is 10.1. The van der Waals surface area contributed by atoms with E-state index in [1.54, 1.807) is 30.3 Å². The number of nitro benzene ring substituents is 1. The van der Waals surface area contributed by atoms with Crippen LogP contribution in [0.15, 0.2) is 46.9 Å². The van der Waals surface area contributed by atoms with E-state index in [9.17, 15) is 19.7 Å². The number of anilines is 2. The Morgan fingerprint density at radius 3 is 2.53 bits per heavy atom. The molecule has 0 saturated carbocycles. The largest absolute Gasteiger partial charge is 0.452 e. The van der Waals surface area contributed by atoms with Crippen LogP contribution in [0.4, 0.5) is 17.1 Å². The van der Waals surface area contributed by atoms with E-state index >= 15 is 0 Å². The summed E-state index contributed by atoms with van der Waals surface area (Å²) in [6.07, 6.45) is 0. The molecule has 0 aromatic heterocycles. The number of nitro groups is 1. The van der Waals surface area contributed by atoms with Crippen LogP contribution in [-0.4, -0.2) is 61.5 Å². The molecule has 0 bridgehead atoms. The van der Waals surface area contributed by atoms with Crippen LogP contribution in [0.5, 0.6) is 0 Å². The van der Waals surface area contributed by atoms with Gasteiger partial charge < -0.3 is 19.9 Å². The molecule has 1 aliphatic heterocycles. The highest BCUT2D eigenvalue weighted by atomic mass is 79.9. The van der Waals surface area contributed by atoms with Crippen LogP contribution in [0.1, 0.15) is 10.4 Å². The summed E-state index contributed by atoms with van der Waals surface area (Å²) in [6, 6.07) is 11.3. The van der Waals surface area contributed by atoms with Gasteiger partial charge in [-0.2, -0.15) is 0 Å². The Morgan fingerprint density at radius 2 is 1.87 bits per heavy atom. The fourth-order valence-electron chi connectivity index (χ4n) is 3.07. The highest BCUT2D eigenvalue weighted by Crippen LogP contribution is 2.30. The average molecular weight is 477 g/mol. The summed E-state index contributed by atoms with van der Waals surface area (Å²) in [6.45, 7) is 2.42. The molecular weight excluding hydrogens is 456 g/mol. The van der Waals surface area contributed by atoms with E-state index in [-0.39, 0.29) is 11.3 Å². The van der Waals surface area contributed by atoms with Crippen molar-refractivity contribution in [1.82, 2.24) is 4.90 Å². The van der Waals surface area contributed by atoms with Crippen LogP contribution in [-0.2, 0) is 9.53 Å². The number of nitrogens with zero attached hydrogens (tertiary/aromatic N) is 3. The highest BCUT2D eigenvalue weighted by Gasteiger charge is 2.24. The second-order valence-electron chi connectivity index (χ2n) is 6.86. The number of carbonyl (C=O) groups excluding carboxylic acids is 2. The molecule has 1 amide bonds. The van der Waals surface area contributed by atoms with Crippen LogP contribution in [0.2, 0.25) is 0 Å². The van der Waals surface area contributed by atoms with Gasteiger partial charge in [-0.1, -0.05) is 12.1 Å². The summed E-state index contributed by atoms with van der Waals surface area (Å²) < 4.78 is 5.72. The van der Waals surface area contributed by atoms with Crippen molar-refractivity contribution in [3.8, 4) is 0 Å². The Bertz CT molecular complexity index is 960. The summed E-state index contributed by atoms with van der Waals surface area (Å²) in [5.74, 6) is -1.32. The van der Waals surface area contributed by atoms with Crippen molar-refractivity contribution in [3.05, 3.63) is 62.6 Å². The Hall–Kier alpha value is -2.98. The molecule has 2 aromatic carbocycles. The number of benzene rings is 2. The highest BCUT2D eigenvalue weighted by molar-refractivity contribution is 9.10. The van der Waals surface area contributed by atoms with Crippen molar-refractivity contribution >= 4 is 44.9 Å². The van der Waals surface area contributed by atoms with E-state index in [1.165, 1.54) is 12.1 Å². The molecule has 0 atom stereocenters. The molecule has 9 nitrogen and oxygen atoms in total. The van der Waals surface area contributed by atoms with Crippen LogP contribution >= 0.6 is 15.9 Å². The number of esters is 1. The minimum atomic E-state index is -0.801. The third-order valence-electron chi connectivity index (χ3n) is 4.73. The quantitative estimate of drug-likeness (QED) is 0.388. The first-order chi connectivity index (χ1) is 14.3. The Labute approximate surface area is 181 Å².